The Balaban J connectivity index is 1.71. The number of aryl methyl sites for hydroxylation is 1. The van der Waals surface area contributed by atoms with Gasteiger partial charge >= 0.3 is 199 Å². The van der Waals surface area contributed by atoms with E-state index in [2.05, 4.69) is 69.0 Å². The Morgan fingerprint density at radius 1 is 1.31 bits per heavy atom. The molecule has 1 aromatic heterocycles. The summed E-state index contributed by atoms with van der Waals surface area (Å²) in [5, 5.41) is 20.0. The summed E-state index contributed by atoms with van der Waals surface area (Å²) in [6.07, 6.45) is 4.98. The van der Waals surface area contributed by atoms with E-state index < -0.39 is 5.41 Å². The number of nitrogens with zero attached hydrogens (tertiary/aromatic N) is 4. The van der Waals surface area contributed by atoms with Crippen molar-refractivity contribution in [2.24, 2.45) is 17.3 Å². The minimum absolute atomic E-state index is 0.0257. The molecule has 2 N–H and O–H groups in total. The van der Waals surface area contributed by atoms with E-state index in [-0.39, 0.29) is 38.8 Å². The molecule has 0 radical (unpaired) electrons. The van der Waals surface area contributed by atoms with Crippen LogP contribution in [0.25, 0.3) is 11.3 Å². The van der Waals surface area contributed by atoms with Crippen LogP contribution in [0.5, 0.6) is 0 Å². The van der Waals surface area contributed by atoms with Crippen molar-refractivity contribution in [3.63, 3.8) is 0 Å². The molecule has 3 atom stereocenters. The number of alkyl halides is 2. The van der Waals surface area contributed by atoms with E-state index in [1.807, 2.05) is 30.2 Å². The van der Waals surface area contributed by atoms with Gasteiger partial charge in [-0.1, -0.05) is 0 Å². The number of amides is 1. The van der Waals surface area contributed by atoms with Gasteiger partial charge in [-0.2, -0.15) is 0 Å². The molecule has 1 unspecified atom stereocenters. The van der Waals surface area contributed by atoms with Crippen molar-refractivity contribution in [1.82, 2.24) is 20.4 Å². The summed E-state index contributed by atoms with van der Waals surface area (Å²) in [7, 11) is 1.95. The number of fused-ring (bicyclic) bond motifs is 1. The quantitative estimate of drug-likeness (QED) is 0.420. The number of carbonyl (C=O) groups excluding carboxylic acids is 1. The van der Waals surface area contributed by atoms with Crippen molar-refractivity contribution in [2.45, 2.75) is 43.8 Å². The normalized spacial score (nSPS) is 28.8. The number of benzene rings is 1. The van der Waals surface area contributed by atoms with Gasteiger partial charge in [-0.25, -0.2) is 0 Å². The summed E-state index contributed by atoms with van der Waals surface area (Å²) in [4.78, 5) is 16.0. The zero-order chi connectivity index (χ0) is 22.5. The summed E-state index contributed by atoms with van der Waals surface area (Å²) in [6, 6.07) is 10.5. The maximum absolute atomic E-state index is 13.7. The van der Waals surface area contributed by atoms with E-state index in [0.717, 1.165) is 50.9 Å². The minimum atomic E-state index is -0.573. The molecule has 0 saturated carbocycles. The van der Waals surface area contributed by atoms with Gasteiger partial charge in [-0.05, 0) is 0 Å². The van der Waals surface area contributed by atoms with Gasteiger partial charge in [0.05, 0.1) is 0 Å². The van der Waals surface area contributed by atoms with E-state index in [1.54, 1.807) is 0 Å². The van der Waals surface area contributed by atoms with Crippen LogP contribution in [-0.4, -0.2) is 36.8 Å². The number of hydrogen-bond donors (Lipinski definition) is 2. The Hall–Kier alpha value is -2.49. The average molecular weight is 543 g/mol. The Morgan fingerprint density at radius 3 is 2.88 bits per heavy atom. The van der Waals surface area contributed by atoms with Crippen LogP contribution in [0.1, 0.15) is 32.3 Å². The fourth-order valence-electron chi connectivity index (χ4n) is 5.50. The molecule has 1 aromatic carbocycles. The van der Waals surface area contributed by atoms with Gasteiger partial charge < -0.3 is 0 Å². The maximum atomic E-state index is 13.7. The standard InChI is InChI=1S/C24H28IN6O/c1-5-24(16-8-6-7-15(11-16)19-9-10-27-31(19)4)17-13-26-30-21(17)28-18-12-23(2,14-25-3)29-22(32)20(18)24/h6-11,13,21,28H,5,12,14H2,1-4H3,(H,29,32)/q-1/t21?,23-,24-/m1/s1. The molecule has 0 bridgehead atoms. The Kier molecular flexibility index (Phi) is 5.22. The van der Waals surface area contributed by atoms with Gasteiger partial charge in [-0.3, -0.25) is 0 Å². The number of carbonyl (C=O) groups is 1. The first-order valence-electron chi connectivity index (χ1n) is 10.9. The molecule has 2 aromatic rings. The topological polar surface area (TPSA) is 83.7 Å². The second-order valence-electron chi connectivity index (χ2n) is 8.99. The Bertz CT molecular complexity index is 1180. The van der Waals surface area contributed by atoms with Gasteiger partial charge in [0.1, 0.15) is 0 Å². The van der Waals surface area contributed by atoms with Crippen LogP contribution in [0.2, 0.25) is 0 Å². The first kappa shape index (κ1) is 21.4. The van der Waals surface area contributed by atoms with Crippen LogP contribution in [0, 0.1) is 0 Å². The first-order chi connectivity index (χ1) is 15.4. The van der Waals surface area contributed by atoms with Gasteiger partial charge in [-0.15, -0.1) is 0 Å². The van der Waals surface area contributed by atoms with Gasteiger partial charge in [0, 0.05) is 0 Å². The summed E-state index contributed by atoms with van der Waals surface area (Å²) in [6.45, 7) is 4.32. The van der Waals surface area contributed by atoms with Crippen molar-refractivity contribution >= 4 is 5.91 Å². The molecule has 1 amide bonds. The second kappa shape index (κ2) is 7.83. The van der Waals surface area contributed by atoms with Crippen molar-refractivity contribution in [3.8, 4) is 11.3 Å². The monoisotopic (exact) mass is 543 g/mol. The van der Waals surface area contributed by atoms with Gasteiger partial charge in [0.2, 0.25) is 0 Å². The molecule has 3 aliphatic rings. The van der Waals surface area contributed by atoms with E-state index in [9.17, 15) is 4.79 Å². The van der Waals surface area contributed by atoms with E-state index in [0.29, 0.717) is 0 Å². The van der Waals surface area contributed by atoms with Crippen molar-refractivity contribution < 1.29 is 26.0 Å². The molecule has 0 saturated heterocycles. The third-order valence-corrected chi connectivity index (χ3v) is 9.29. The molecular formula is C24H28IN6O-. The summed E-state index contributed by atoms with van der Waals surface area (Å²) < 4.78 is 2.92. The molecule has 0 fully saturated rings. The molecule has 7 nitrogen and oxygen atoms in total. The summed E-state index contributed by atoms with van der Waals surface area (Å²) in [5.74, 6) is 0.0257. The second-order valence-corrected chi connectivity index (χ2v) is 11.3. The number of halogens is 1. The molecule has 32 heavy (non-hydrogen) atoms. The van der Waals surface area contributed by atoms with E-state index >= 15 is 0 Å². The molecule has 8 heteroatoms. The van der Waals surface area contributed by atoms with E-state index in [1.165, 1.54) is 0 Å². The fraction of sp³-hybridized carbons (Fsp3) is 0.417. The average Bonchev–Trinajstić information content (AvgIpc) is 3.41. The summed E-state index contributed by atoms with van der Waals surface area (Å²) >= 11 is 0.0474. The van der Waals surface area contributed by atoms with Crippen LogP contribution in [0.3, 0.4) is 0 Å². The van der Waals surface area contributed by atoms with Gasteiger partial charge in [0.15, 0.2) is 0 Å². The molecule has 168 valence electrons. The third kappa shape index (κ3) is 3.14. The molecular weight excluding hydrogens is 515 g/mol. The zero-order valence-corrected chi connectivity index (χ0v) is 21.0. The SMILES string of the molecule is CC[C@@]1(c2cccc(-c3ccnn3C)c2)C2=CN=NC2NC2=C1C(=O)N[C@@](C)(C[I-]C)C2. The zero-order valence-electron chi connectivity index (χ0n) is 18.8. The number of azo groups is 1. The van der Waals surface area contributed by atoms with Crippen LogP contribution >= 0.6 is 0 Å². The predicted molar refractivity (Wildman–Crippen MR) is 119 cm³/mol. The predicted octanol–water partition coefficient (Wildman–Crippen LogP) is 0.265. The number of nitrogens with one attached hydrogen (secondary N) is 2. The Morgan fingerprint density at radius 2 is 2.16 bits per heavy atom. The molecule has 3 aliphatic heterocycles. The fourth-order valence-corrected chi connectivity index (χ4v) is 7.64. The first-order valence-corrected chi connectivity index (χ1v) is 14.6. The molecule has 0 spiro atoms. The van der Waals surface area contributed by atoms with Crippen molar-refractivity contribution in [2.75, 3.05) is 9.36 Å². The third-order valence-electron chi connectivity index (χ3n) is 6.85. The number of hydrogen-bond acceptors (Lipinski definition) is 5. The summed E-state index contributed by atoms with van der Waals surface area (Å²) in [5.41, 5.74) is 5.32. The van der Waals surface area contributed by atoms with Crippen LogP contribution in [-0.2, 0) is 17.3 Å². The van der Waals surface area contributed by atoms with Crippen LogP contribution in [0.15, 0.2) is 69.8 Å². The van der Waals surface area contributed by atoms with Crippen LogP contribution in [0.4, 0.5) is 0 Å². The van der Waals surface area contributed by atoms with Crippen LogP contribution < -0.4 is 31.8 Å². The number of aromatic nitrogens is 2. The molecule has 5 rings (SSSR count). The van der Waals surface area contributed by atoms with Gasteiger partial charge in [0.25, 0.3) is 0 Å². The molecule has 0 aliphatic carbocycles. The van der Waals surface area contributed by atoms with Crippen molar-refractivity contribution in [3.05, 3.63) is 65.1 Å². The van der Waals surface area contributed by atoms with E-state index in [4.69, 9.17) is 0 Å². The molecule has 4 heterocycles. The Labute approximate surface area is 198 Å². The van der Waals surface area contributed by atoms with Crippen molar-refractivity contribution in [1.29, 1.82) is 0 Å². The number of rotatable bonds is 5.